The predicted molar refractivity (Wildman–Crippen MR) is 115 cm³/mol. The van der Waals surface area contributed by atoms with Crippen LogP contribution in [0.5, 0.6) is 5.75 Å². The Morgan fingerprint density at radius 1 is 0.931 bits per heavy atom. The van der Waals surface area contributed by atoms with E-state index < -0.39 is 17.7 Å². The van der Waals surface area contributed by atoms with Crippen LogP contribution >= 0.6 is 11.6 Å². The van der Waals surface area contributed by atoms with Crippen LogP contribution in [0, 0.1) is 0 Å². The standard InChI is InChI=1S/C24H19ClN2O2/c25-19-14-18(23(28)22-17(19)12-7-13-27-22)20(15-8-3-1-4-9-15)21(24(26)29)16-10-5-2-6-11-16/h1-14,20-21,28H,(H2,26,29). The molecule has 0 bridgehead atoms. The maximum Gasteiger partial charge on any atom is 0.225 e. The van der Waals surface area contributed by atoms with E-state index >= 15 is 0 Å². The summed E-state index contributed by atoms with van der Waals surface area (Å²) in [4.78, 5) is 16.9. The Bertz CT molecular complexity index is 1160. The Morgan fingerprint density at radius 2 is 1.55 bits per heavy atom. The lowest BCUT2D eigenvalue weighted by Crippen LogP contribution is -2.28. The number of aromatic nitrogens is 1. The highest BCUT2D eigenvalue weighted by atomic mass is 35.5. The highest BCUT2D eigenvalue weighted by Crippen LogP contribution is 2.45. The lowest BCUT2D eigenvalue weighted by atomic mass is 9.76. The van der Waals surface area contributed by atoms with Crippen LogP contribution in [0.15, 0.2) is 85.1 Å². The molecular weight excluding hydrogens is 384 g/mol. The fraction of sp³-hybridized carbons (Fsp3) is 0.0833. The summed E-state index contributed by atoms with van der Waals surface area (Å²) in [5.74, 6) is -1.70. The van der Waals surface area contributed by atoms with E-state index in [9.17, 15) is 9.90 Å². The van der Waals surface area contributed by atoms with Crippen LogP contribution < -0.4 is 5.73 Å². The molecule has 0 radical (unpaired) electrons. The number of amides is 1. The lowest BCUT2D eigenvalue weighted by Gasteiger charge is -2.27. The van der Waals surface area contributed by atoms with Crippen LogP contribution in [0.3, 0.4) is 0 Å². The number of halogens is 1. The summed E-state index contributed by atoms with van der Waals surface area (Å²) in [6.45, 7) is 0. The topological polar surface area (TPSA) is 76.2 Å². The second kappa shape index (κ2) is 7.94. The van der Waals surface area contributed by atoms with Gasteiger partial charge in [0, 0.05) is 23.1 Å². The molecule has 0 aliphatic carbocycles. The molecule has 0 saturated carbocycles. The number of phenolic OH excluding ortho intramolecular Hbond substituents is 1. The molecule has 0 aliphatic heterocycles. The third kappa shape index (κ3) is 3.55. The van der Waals surface area contributed by atoms with Crippen molar-refractivity contribution >= 4 is 28.4 Å². The molecule has 4 aromatic rings. The van der Waals surface area contributed by atoms with Gasteiger partial charge in [-0.2, -0.15) is 0 Å². The van der Waals surface area contributed by atoms with E-state index in [1.807, 2.05) is 60.7 Å². The summed E-state index contributed by atoms with van der Waals surface area (Å²) in [7, 11) is 0. The number of carbonyl (C=O) groups is 1. The van der Waals surface area contributed by atoms with Crippen molar-refractivity contribution in [3.05, 3.63) is 107 Å². The number of benzene rings is 3. The van der Waals surface area contributed by atoms with Crippen molar-refractivity contribution < 1.29 is 9.90 Å². The Kier molecular flexibility index (Phi) is 5.19. The van der Waals surface area contributed by atoms with Gasteiger partial charge < -0.3 is 10.8 Å². The smallest absolute Gasteiger partial charge is 0.225 e. The third-order valence-corrected chi connectivity index (χ3v) is 5.45. The van der Waals surface area contributed by atoms with Crippen molar-refractivity contribution in [1.82, 2.24) is 4.98 Å². The molecule has 3 N–H and O–H groups in total. The minimum absolute atomic E-state index is 0.000958. The number of primary amides is 1. The van der Waals surface area contributed by atoms with E-state index in [0.29, 0.717) is 21.5 Å². The van der Waals surface area contributed by atoms with Crippen molar-refractivity contribution in [1.29, 1.82) is 0 Å². The summed E-state index contributed by atoms with van der Waals surface area (Å²) in [6, 6.07) is 24.1. The molecule has 1 aromatic heterocycles. The predicted octanol–water partition coefficient (Wildman–Crippen LogP) is 4.99. The number of nitrogens with zero attached hydrogens (tertiary/aromatic N) is 1. The molecule has 4 nitrogen and oxygen atoms in total. The fourth-order valence-electron chi connectivity index (χ4n) is 3.84. The summed E-state index contributed by atoms with van der Waals surface area (Å²) in [5, 5.41) is 12.2. The molecule has 0 spiro atoms. The summed E-state index contributed by atoms with van der Waals surface area (Å²) >= 11 is 6.53. The van der Waals surface area contributed by atoms with E-state index in [-0.39, 0.29) is 5.75 Å². The number of nitrogens with two attached hydrogens (primary N) is 1. The molecule has 2 unspecified atom stereocenters. The third-order valence-electron chi connectivity index (χ3n) is 5.14. The first-order valence-electron chi connectivity index (χ1n) is 9.23. The molecule has 4 rings (SSSR count). The van der Waals surface area contributed by atoms with Crippen molar-refractivity contribution in [2.45, 2.75) is 11.8 Å². The van der Waals surface area contributed by atoms with Crippen LogP contribution in [-0.4, -0.2) is 16.0 Å². The van der Waals surface area contributed by atoms with Crippen LogP contribution in [0.25, 0.3) is 10.9 Å². The number of pyridine rings is 1. The number of phenols is 1. The van der Waals surface area contributed by atoms with Gasteiger partial charge in [0.25, 0.3) is 0 Å². The van der Waals surface area contributed by atoms with E-state index in [4.69, 9.17) is 17.3 Å². The zero-order chi connectivity index (χ0) is 20.4. The van der Waals surface area contributed by atoms with Crippen molar-refractivity contribution in [3.8, 4) is 5.75 Å². The maximum absolute atomic E-state index is 12.6. The number of hydrogen-bond donors (Lipinski definition) is 2. The monoisotopic (exact) mass is 402 g/mol. The Labute approximate surface area is 173 Å². The Morgan fingerprint density at radius 3 is 2.17 bits per heavy atom. The summed E-state index contributed by atoms with van der Waals surface area (Å²) < 4.78 is 0. The van der Waals surface area contributed by atoms with E-state index in [1.54, 1.807) is 24.4 Å². The molecule has 0 aliphatic rings. The van der Waals surface area contributed by atoms with Gasteiger partial charge in [-0.25, -0.2) is 0 Å². The van der Waals surface area contributed by atoms with Gasteiger partial charge in [0.15, 0.2) is 0 Å². The maximum atomic E-state index is 12.6. The number of rotatable bonds is 5. The van der Waals surface area contributed by atoms with Gasteiger partial charge in [-0.1, -0.05) is 72.3 Å². The van der Waals surface area contributed by atoms with E-state index in [0.717, 1.165) is 11.1 Å². The molecule has 0 fully saturated rings. The molecule has 5 heteroatoms. The highest BCUT2D eigenvalue weighted by molar-refractivity contribution is 6.35. The zero-order valence-corrected chi connectivity index (χ0v) is 16.3. The molecule has 0 saturated heterocycles. The highest BCUT2D eigenvalue weighted by Gasteiger charge is 2.33. The van der Waals surface area contributed by atoms with Gasteiger partial charge >= 0.3 is 0 Å². The number of carbonyl (C=O) groups excluding carboxylic acids is 1. The quantitative estimate of drug-likeness (QED) is 0.493. The van der Waals surface area contributed by atoms with Crippen LogP contribution in [0.4, 0.5) is 0 Å². The number of fused-ring (bicyclic) bond motifs is 1. The number of aromatic hydroxyl groups is 1. The van der Waals surface area contributed by atoms with Crippen molar-refractivity contribution in [2.75, 3.05) is 0 Å². The average molecular weight is 403 g/mol. The fourth-order valence-corrected chi connectivity index (χ4v) is 4.11. The number of hydrogen-bond acceptors (Lipinski definition) is 3. The normalized spacial score (nSPS) is 13.1. The first-order chi connectivity index (χ1) is 14.1. The van der Waals surface area contributed by atoms with Crippen molar-refractivity contribution in [2.24, 2.45) is 5.73 Å². The first kappa shape index (κ1) is 19.0. The Balaban J connectivity index is 2.01. The second-order valence-electron chi connectivity index (χ2n) is 6.87. The molecule has 3 aromatic carbocycles. The average Bonchev–Trinajstić information content (AvgIpc) is 2.76. The van der Waals surface area contributed by atoms with Gasteiger partial charge in [0.2, 0.25) is 5.91 Å². The molecule has 2 atom stereocenters. The van der Waals surface area contributed by atoms with Gasteiger partial charge in [-0.3, -0.25) is 9.78 Å². The zero-order valence-electron chi connectivity index (χ0n) is 15.5. The lowest BCUT2D eigenvalue weighted by molar-refractivity contribution is -0.119. The van der Waals surface area contributed by atoms with E-state index in [1.165, 1.54) is 0 Å². The molecular formula is C24H19ClN2O2. The largest absolute Gasteiger partial charge is 0.505 e. The summed E-state index contributed by atoms with van der Waals surface area (Å²) in [5.41, 5.74) is 8.40. The molecule has 144 valence electrons. The van der Waals surface area contributed by atoms with Crippen LogP contribution in [0.1, 0.15) is 28.5 Å². The second-order valence-corrected chi connectivity index (χ2v) is 7.28. The van der Waals surface area contributed by atoms with Crippen molar-refractivity contribution in [3.63, 3.8) is 0 Å². The summed E-state index contributed by atoms with van der Waals surface area (Å²) in [6.07, 6.45) is 1.60. The minimum Gasteiger partial charge on any atom is -0.505 e. The Hall–Kier alpha value is -3.37. The van der Waals surface area contributed by atoms with Gasteiger partial charge in [-0.15, -0.1) is 0 Å². The van der Waals surface area contributed by atoms with Crippen LogP contribution in [0.2, 0.25) is 5.02 Å². The SMILES string of the molecule is NC(=O)C(c1ccccc1)C(c1ccccc1)c1cc(Cl)c2cccnc2c1O. The molecule has 29 heavy (non-hydrogen) atoms. The van der Waals surface area contributed by atoms with Crippen LogP contribution in [-0.2, 0) is 4.79 Å². The van der Waals surface area contributed by atoms with Gasteiger partial charge in [-0.05, 0) is 29.3 Å². The molecule has 1 heterocycles. The molecule has 1 amide bonds. The van der Waals surface area contributed by atoms with Gasteiger partial charge in [0.1, 0.15) is 11.3 Å². The van der Waals surface area contributed by atoms with E-state index in [2.05, 4.69) is 4.98 Å². The van der Waals surface area contributed by atoms with Gasteiger partial charge in [0.05, 0.1) is 10.9 Å². The minimum atomic E-state index is -0.693. The first-order valence-corrected chi connectivity index (χ1v) is 9.61.